The maximum absolute atomic E-state index is 12.4. The molecule has 27 heavy (non-hydrogen) atoms. The summed E-state index contributed by atoms with van der Waals surface area (Å²) >= 11 is 0. The van der Waals surface area contributed by atoms with Crippen LogP contribution in [0.25, 0.3) is 10.9 Å². The van der Waals surface area contributed by atoms with Crippen molar-refractivity contribution < 1.29 is 9.59 Å². The van der Waals surface area contributed by atoms with Crippen LogP contribution in [0, 0.1) is 6.92 Å². The Kier molecular flexibility index (Phi) is 6.01. The molecule has 2 aromatic carbocycles. The maximum Gasteiger partial charge on any atom is 0.247 e. The highest BCUT2D eigenvalue weighted by Crippen LogP contribution is 2.16. The van der Waals surface area contributed by atoms with Gasteiger partial charge in [-0.1, -0.05) is 48.9 Å². The summed E-state index contributed by atoms with van der Waals surface area (Å²) in [7, 11) is 0. The lowest BCUT2D eigenvalue weighted by atomic mass is 10.0. The van der Waals surface area contributed by atoms with E-state index in [1.807, 2.05) is 43.3 Å². The van der Waals surface area contributed by atoms with Crippen LogP contribution in [-0.2, 0) is 4.79 Å². The van der Waals surface area contributed by atoms with Crippen molar-refractivity contribution >= 4 is 22.7 Å². The van der Waals surface area contributed by atoms with Gasteiger partial charge >= 0.3 is 0 Å². The minimum absolute atomic E-state index is 0.0217. The number of nitrogens with zero attached hydrogens (tertiary/aromatic N) is 2. The zero-order chi connectivity index (χ0) is 19.2. The first kappa shape index (κ1) is 18.8. The fraction of sp³-hybridized carbons (Fsp3) is 0.318. The molecule has 5 nitrogen and oxygen atoms in total. The molecule has 1 amide bonds. The molecule has 1 atom stereocenters. The first-order valence-electron chi connectivity index (χ1n) is 9.34. The molecule has 3 aromatic rings. The lowest BCUT2D eigenvalue weighted by molar-refractivity contribution is -0.121. The summed E-state index contributed by atoms with van der Waals surface area (Å²) in [5, 5.41) is 8.10. The van der Waals surface area contributed by atoms with Gasteiger partial charge in [0.25, 0.3) is 0 Å². The zero-order valence-electron chi connectivity index (χ0n) is 15.8. The molecule has 0 unspecified atom stereocenters. The third-order valence-electron chi connectivity index (χ3n) is 4.73. The van der Waals surface area contributed by atoms with Crippen LogP contribution in [0.5, 0.6) is 0 Å². The molecule has 0 aliphatic rings. The van der Waals surface area contributed by atoms with E-state index in [1.54, 1.807) is 6.20 Å². The lowest BCUT2D eigenvalue weighted by Crippen LogP contribution is -2.27. The molecule has 0 fully saturated rings. The second kappa shape index (κ2) is 8.62. The standard InChI is InChI=1S/C22H25N3O2/c1-16-11-12-20-19(13-16)15-24-25(20)22(27)10-6-9-21(26)23-14-17(2)18-7-4-3-5-8-18/h3-5,7-8,11-13,15,17H,6,9-10,14H2,1-2H3,(H,23,26)/t17-/m0/s1. The topological polar surface area (TPSA) is 64.0 Å². The van der Waals surface area contributed by atoms with Crippen molar-refractivity contribution in [2.45, 2.75) is 39.0 Å². The third kappa shape index (κ3) is 4.82. The van der Waals surface area contributed by atoms with E-state index in [0.717, 1.165) is 16.5 Å². The predicted octanol–water partition coefficient (Wildman–Crippen LogP) is 4.08. The van der Waals surface area contributed by atoms with Gasteiger partial charge in [0.1, 0.15) is 0 Å². The van der Waals surface area contributed by atoms with E-state index in [4.69, 9.17) is 0 Å². The average molecular weight is 363 g/mol. The molecule has 140 valence electrons. The fourth-order valence-corrected chi connectivity index (χ4v) is 3.11. The minimum atomic E-state index is -0.0840. The first-order valence-corrected chi connectivity index (χ1v) is 9.34. The molecule has 0 spiro atoms. The average Bonchev–Trinajstić information content (AvgIpc) is 3.09. The molecule has 1 aromatic heterocycles. The molecule has 1 heterocycles. The summed E-state index contributed by atoms with van der Waals surface area (Å²) in [5.41, 5.74) is 3.15. The van der Waals surface area contributed by atoms with Crippen LogP contribution in [0.3, 0.4) is 0 Å². The Morgan fingerprint density at radius 2 is 1.89 bits per heavy atom. The molecule has 0 aliphatic carbocycles. The number of aromatic nitrogens is 2. The highest BCUT2D eigenvalue weighted by molar-refractivity contribution is 5.91. The number of hydrogen-bond acceptors (Lipinski definition) is 3. The Bertz CT molecular complexity index is 931. The number of rotatable bonds is 7. The summed E-state index contributed by atoms with van der Waals surface area (Å²) in [5.74, 6) is 0.154. The monoisotopic (exact) mass is 363 g/mol. The van der Waals surface area contributed by atoms with Gasteiger partial charge in [-0.05, 0) is 37.0 Å². The van der Waals surface area contributed by atoms with Crippen molar-refractivity contribution in [3.8, 4) is 0 Å². The molecular weight excluding hydrogens is 338 g/mol. The number of carbonyl (C=O) groups is 2. The highest BCUT2D eigenvalue weighted by Gasteiger charge is 2.12. The Morgan fingerprint density at radius 3 is 2.67 bits per heavy atom. The van der Waals surface area contributed by atoms with Crippen LogP contribution >= 0.6 is 0 Å². The van der Waals surface area contributed by atoms with Crippen LogP contribution in [-0.4, -0.2) is 28.1 Å². The lowest BCUT2D eigenvalue weighted by Gasteiger charge is -2.13. The van der Waals surface area contributed by atoms with Crippen molar-refractivity contribution in [3.63, 3.8) is 0 Å². The SMILES string of the molecule is Cc1ccc2c(cnn2C(=O)CCCC(=O)NC[C@H](C)c2ccccc2)c1. The van der Waals surface area contributed by atoms with Crippen molar-refractivity contribution in [3.05, 3.63) is 65.9 Å². The van der Waals surface area contributed by atoms with E-state index < -0.39 is 0 Å². The van der Waals surface area contributed by atoms with E-state index in [0.29, 0.717) is 25.8 Å². The van der Waals surface area contributed by atoms with Gasteiger partial charge in [-0.2, -0.15) is 5.10 Å². The predicted molar refractivity (Wildman–Crippen MR) is 107 cm³/mol. The maximum atomic E-state index is 12.4. The third-order valence-corrected chi connectivity index (χ3v) is 4.73. The normalized spacial score (nSPS) is 12.1. The van der Waals surface area contributed by atoms with Gasteiger partial charge in [0.05, 0.1) is 11.7 Å². The second-order valence-electron chi connectivity index (χ2n) is 6.98. The summed E-state index contributed by atoms with van der Waals surface area (Å²) in [6.45, 7) is 4.69. The summed E-state index contributed by atoms with van der Waals surface area (Å²) in [6, 6.07) is 16.0. The molecule has 5 heteroatoms. The highest BCUT2D eigenvalue weighted by atomic mass is 16.2. The molecule has 0 saturated carbocycles. The number of fused-ring (bicyclic) bond motifs is 1. The van der Waals surface area contributed by atoms with Crippen molar-refractivity contribution in [1.29, 1.82) is 0 Å². The van der Waals surface area contributed by atoms with Gasteiger partial charge in [0.2, 0.25) is 11.8 Å². The van der Waals surface area contributed by atoms with Crippen LogP contribution in [0.2, 0.25) is 0 Å². The van der Waals surface area contributed by atoms with E-state index in [9.17, 15) is 9.59 Å². The van der Waals surface area contributed by atoms with E-state index in [1.165, 1.54) is 10.2 Å². The Hall–Kier alpha value is -2.95. The van der Waals surface area contributed by atoms with Gasteiger partial charge in [0, 0.05) is 24.8 Å². The van der Waals surface area contributed by atoms with Crippen LogP contribution in [0.15, 0.2) is 54.7 Å². The molecule has 0 saturated heterocycles. The molecule has 1 N–H and O–H groups in total. The van der Waals surface area contributed by atoms with E-state index in [-0.39, 0.29) is 17.7 Å². The van der Waals surface area contributed by atoms with Gasteiger partial charge in [0.15, 0.2) is 0 Å². The number of aryl methyl sites for hydroxylation is 1. The van der Waals surface area contributed by atoms with Crippen molar-refractivity contribution in [1.82, 2.24) is 15.1 Å². The number of hydrogen-bond donors (Lipinski definition) is 1. The van der Waals surface area contributed by atoms with Gasteiger partial charge < -0.3 is 5.32 Å². The van der Waals surface area contributed by atoms with E-state index in [2.05, 4.69) is 29.5 Å². The van der Waals surface area contributed by atoms with Crippen LogP contribution < -0.4 is 5.32 Å². The zero-order valence-corrected chi connectivity index (χ0v) is 15.8. The van der Waals surface area contributed by atoms with Crippen LogP contribution in [0.1, 0.15) is 48.0 Å². The number of benzene rings is 2. The Labute approximate surface area is 159 Å². The van der Waals surface area contributed by atoms with Crippen molar-refractivity contribution in [2.24, 2.45) is 0 Å². The summed E-state index contributed by atoms with van der Waals surface area (Å²) < 4.78 is 1.43. The molecule has 0 bridgehead atoms. The number of amides is 1. The van der Waals surface area contributed by atoms with E-state index >= 15 is 0 Å². The molecule has 0 aliphatic heterocycles. The Morgan fingerprint density at radius 1 is 1.11 bits per heavy atom. The first-order chi connectivity index (χ1) is 13.0. The minimum Gasteiger partial charge on any atom is -0.356 e. The molecule has 0 radical (unpaired) electrons. The number of carbonyl (C=O) groups excluding carboxylic acids is 2. The molecular formula is C22H25N3O2. The molecule has 3 rings (SSSR count). The summed E-state index contributed by atoms with van der Waals surface area (Å²) in [6.07, 6.45) is 2.85. The van der Waals surface area contributed by atoms with Crippen molar-refractivity contribution in [2.75, 3.05) is 6.54 Å². The smallest absolute Gasteiger partial charge is 0.247 e. The second-order valence-corrected chi connectivity index (χ2v) is 6.98. The Balaban J connectivity index is 1.44. The van der Waals surface area contributed by atoms with Crippen LogP contribution in [0.4, 0.5) is 0 Å². The van der Waals surface area contributed by atoms with Gasteiger partial charge in [-0.25, -0.2) is 4.68 Å². The fourth-order valence-electron chi connectivity index (χ4n) is 3.11. The summed E-state index contributed by atoms with van der Waals surface area (Å²) in [4.78, 5) is 24.5. The quantitative estimate of drug-likeness (QED) is 0.688. The largest absolute Gasteiger partial charge is 0.356 e. The van der Waals surface area contributed by atoms with Gasteiger partial charge in [-0.3, -0.25) is 9.59 Å². The number of nitrogens with one attached hydrogen (secondary N) is 1. The van der Waals surface area contributed by atoms with Gasteiger partial charge in [-0.15, -0.1) is 0 Å².